The third-order valence-corrected chi connectivity index (χ3v) is 4.80. The molecule has 7 nitrogen and oxygen atoms in total. The van der Waals surface area contributed by atoms with Gasteiger partial charge in [0.25, 0.3) is 0 Å². The van der Waals surface area contributed by atoms with Gasteiger partial charge in [-0.25, -0.2) is 13.2 Å². The lowest BCUT2D eigenvalue weighted by molar-refractivity contribution is -0.137. The summed E-state index contributed by atoms with van der Waals surface area (Å²) in [6.45, 7) is 5.00. The zero-order chi connectivity index (χ0) is 14.8. The lowest BCUT2D eigenvalue weighted by Gasteiger charge is -2.30. The first-order chi connectivity index (χ1) is 8.53. The van der Waals surface area contributed by atoms with Crippen LogP contribution in [0, 0.1) is 0 Å². The van der Waals surface area contributed by atoms with Crippen LogP contribution in [0.3, 0.4) is 0 Å². The number of carbonyl (C=O) groups is 2. The van der Waals surface area contributed by atoms with Gasteiger partial charge in [-0.3, -0.25) is 4.79 Å². The van der Waals surface area contributed by atoms with Gasteiger partial charge in [-0.2, -0.15) is 0 Å². The zero-order valence-corrected chi connectivity index (χ0v) is 12.0. The van der Waals surface area contributed by atoms with Crippen LogP contribution in [0.2, 0.25) is 0 Å². The third-order valence-electron chi connectivity index (χ3n) is 2.64. The monoisotopic (exact) mass is 293 g/mol. The normalized spacial score (nSPS) is 26.5. The van der Waals surface area contributed by atoms with Crippen LogP contribution in [-0.4, -0.2) is 48.2 Å². The Morgan fingerprint density at radius 1 is 1.32 bits per heavy atom. The number of hydrogen-bond donors (Lipinski definition) is 2. The van der Waals surface area contributed by atoms with E-state index >= 15 is 0 Å². The van der Waals surface area contributed by atoms with Gasteiger partial charge < -0.3 is 15.2 Å². The highest BCUT2D eigenvalue weighted by atomic mass is 32.2. The van der Waals surface area contributed by atoms with Gasteiger partial charge >= 0.3 is 12.1 Å². The fourth-order valence-electron chi connectivity index (χ4n) is 1.97. The summed E-state index contributed by atoms with van der Waals surface area (Å²) < 4.78 is 28.5. The Labute approximate surface area is 112 Å². The Hall–Kier alpha value is -1.31. The van der Waals surface area contributed by atoms with E-state index in [2.05, 4.69) is 5.32 Å². The Bertz CT molecular complexity index is 464. The van der Waals surface area contributed by atoms with Crippen molar-refractivity contribution in [3.63, 3.8) is 0 Å². The van der Waals surface area contributed by atoms with Crippen LogP contribution in [0.1, 0.15) is 33.6 Å². The maximum atomic E-state index is 11.7. The number of carboxylic acids is 1. The number of nitrogens with one attached hydrogen (secondary N) is 1. The van der Waals surface area contributed by atoms with E-state index in [9.17, 15) is 18.0 Å². The second-order valence-electron chi connectivity index (χ2n) is 5.52. The van der Waals surface area contributed by atoms with E-state index in [4.69, 9.17) is 9.84 Å². The number of sulfone groups is 1. The van der Waals surface area contributed by atoms with Crippen LogP contribution in [-0.2, 0) is 19.4 Å². The van der Waals surface area contributed by atoms with Gasteiger partial charge in [0.2, 0.25) is 0 Å². The first-order valence-corrected chi connectivity index (χ1v) is 7.68. The Morgan fingerprint density at radius 2 is 1.89 bits per heavy atom. The number of hydrogen-bond acceptors (Lipinski definition) is 5. The molecule has 2 atom stereocenters. The van der Waals surface area contributed by atoms with Crippen molar-refractivity contribution < 1.29 is 27.9 Å². The fourth-order valence-corrected chi connectivity index (χ4v) is 3.80. The number of ether oxygens (including phenoxy) is 1. The summed E-state index contributed by atoms with van der Waals surface area (Å²) in [6.07, 6.45) is -0.178. The SMILES string of the molecule is CC(C)(C)OC(=O)N[C@@H]1CCCS(=O)(=O)[C@H]1C(=O)O. The minimum absolute atomic E-state index is 0.170. The quantitative estimate of drug-likeness (QED) is 0.769. The summed E-state index contributed by atoms with van der Waals surface area (Å²) in [5.74, 6) is -1.61. The van der Waals surface area contributed by atoms with E-state index in [1.807, 2.05) is 0 Å². The van der Waals surface area contributed by atoms with E-state index in [1.165, 1.54) is 0 Å². The average molecular weight is 293 g/mol. The molecule has 0 aliphatic carbocycles. The van der Waals surface area contributed by atoms with Gasteiger partial charge in [-0.05, 0) is 33.6 Å². The van der Waals surface area contributed by atoms with Gasteiger partial charge in [0.15, 0.2) is 15.1 Å². The van der Waals surface area contributed by atoms with E-state index < -0.39 is 38.8 Å². The summed E-state index contributed by atoms with van der Waals surface area (Å²) in [6, 6.07) is -0.953. The molecule has 0 aromatic rings. The van der Waals surface area contributed by atoms with Crippen molar-refractivity contribution in [1.82, 2.24) is 5.32 Å². The molecular formula is C11H19NO6S. The van der Waals surface area contributed by atoms with Crippen molar-refractivity contribution in [2.45, 2.75) is 50.5 Å². The van der Waals surface area contributed by atoms with Crippen LogP contribution in [0.4, 0.5) is 4.79 Å². The molecule has 1 amide bonds. The van der Waals surface area contributed by atoms with Gasteiger partial charge in [-0.15, -0.1) is 0 Å². The largest absolute Gasteiger partial charge is 0.480 e. The minimum atomic E-state index is -3.73. The maximum absolute atomic E-state index is 11.7. The first kappa shape index (κ1) is 15.7. The molecule has 110 valence electrons. The topological polar surface area (TPSA) is 110 Å². The molecule has 8 heteroatoms. The van der Waals surface area contributed by atoms with E-state index in [-0.39, 0.29) is 5.75 Å². The predicted molar refractivity (Wildman–Crippen MR) is 67.6 cm³/mol. The molecule has 1 aliphatic heterocycles. The van der Waals surface area contributed by atoms with Crippen molar-refractivity contribution in [2.24, 2.45) is 0 Å². The summed E-state index contributed by atoms with van der Waals surface area (Å²) in [7, 11) is -3.73. The molecular weight excluding hydrogens is 274 g/mol. The predicted octanol–water partition coefficient (Wildman–Crippen LogP) is 0.541. The van der Waals surface area contributed by atoms with Crippen molar-refractivity contribution in [3.05, 3.63) is 0 Å². The number of aliphatic carboxylic acids is 1. The number of carboxylic acid groups (broad SMARTS) is 1. The molecule has 0 bridgehead atoms. The smallest absolute Gasteiger partial charge is 0.407 e. The highest BCUT2D eigenvalue weighted by Crippen LogP contribution is 2.21. The highest BCUT2D eigenvalue weighted by Gasteiger charge is 2.43. The average Bonchev–Trinajstić information content (AvgIpc) is 2.11. The van der Waals surface area contributed by atoms with E-state index in [1.54, 1.807) is 20.8 Å². The van der Waals surface area contributed by atoms with Crippen LogP contribution < -0.4 is 5.32 Å². The van der Waals surface area contributed by atoms with Gasteiger partial charge in [0.1, 0.15) is 5.60 Å². The molecule has 1 rings (SSSR count). The van der Waals surface area contributed by atoms with Crippen molar-refractivity contribution in [2.75, 3.05) is 5.75 Å². The van der Waals surface area contributed by atoms with E-state index in [0.717, 1.165) is 0 Å². The second kappa shape index (κ2) is 5.36. The Morgan fingerprint density at radius 3 is 2.37 bits per heavy atom. The minimum Gasteiger partial charge on any atom is -0.480 e. The number of alkyl carbamates (subject to hydrolysis) is 1. The first-order valence-electron chi connectivity index (χ1n) is 5.97. The lowest BCUT2D eigenvalue weighted by Crippen LogP contribution is -2.54. The summed E-state index contributed by atoms with van der Waals surface area (Å²) >= 11 is 0. The fraction of sp³-hybridized carbons (Fsp3) is 0.818. The van der Waals surface area contributed by atoms with E-state index in [0.29, 0.717) is 12.8 Å². The molecule has 0 saturated carbocycles. The Kier molecular flexibility index (Phi) is 4.44. The molecule has 0 aromatic heterocycles. The third kappa shape index (κ3) is 4.38. The zero-order valence-electron chi connectivity index (χ0n) is 11.2. The van der Waals surface area contributed by atoms with Crippen LogP contribution in [0.25, 0.3) is 0 Å². The van der Waals surface area contributed by atoms with Crippen molar-refractivity contribution in [1.29, 1.82) is 0 Å². The molecule has 1 heterocycles. The summed E-state index contributed by atoms with van der Waals surface area (Å²) in [5, 5.41) is 9.76. The maximum Gasteiger partial charge on any atom is 0.407 e. The molecule has 19 heavy (non-hydrogen) atoms. The molecule has 1 saturated heterocycles. The lowest BCUT2D eigenvalue weighted by atomic mass is 10.1. The Balaban J connectivity index is 2.81. The number of amides is 1. The molecule has 0 spiro atoms. The van der Waals surface area contributed by atoms with Crippen molar-refractivity contribution >= 4 is 21.9 Å². The van der Waals surface area contributed by atoms with Crippen LogP contribution in [0.15, 0.2) is 0 Å². The standard InChI is InChI=1S/C11H19NO6S/c1-11(2,3)18-10(15)12-7-5-4-6-19(16,17)8(7)9(13)14/h7-8H,4-6H2,1-3H3,(H,12,15)(H,13,14)/t7-,8-/m1/s1. The number of carbonyl (C=O) groups excluding carboxylic acids is 1. The molecule has 0 aromatic carbocycles. The van der Waals surface area contributed by atoms with Gasteiger partial charge in [0.05, 0.1) is 11.8 Å². The molecule has 0 radical (unpaired) electrons. The molecule has 1 aliphatic rings. The number of rotatable bonds is 2. The van der Waals surface area contributed by atoms with Crippen LogP contribution in [0.5, 0.6) is 0 Å². The van der Waals surface area contributed by atoms with Crippen LogP contribution >= 0.6 is 0 Å². The summed E-state index contributed by atoms with van der Waals surface area (Å²) in [5.41, 5.74) is -0.726. The second-order valence-corrected chi connectivity index (χ2v) is 7.76. The van der Waals surface area contributed by atoms with Crippen molar-refractivity contribution in [3.8, 4) is 0 Å². The molecule has 0 unspecified atom stereocenters. The summed E-state index contributed by atoms with van der Waals surface area (Å²) in [4.78, 5) is 22.7. The molecule has 2 N–H and O–H groups in total. The van der Waals surface area contributed by atoms with Gasteiger partial charge in [-0.1, -0.05) is 0 Å². The highest BCUT2D eigenvalue weighted by molar-refractivity contribution is 7.92. The molecule has 1 fully saturated rings. The van der Waals surface area contributed by atoms with Gasteiger partial charge in [0, 0.05) is 0 Å².